The first-order valence-electron chi connectivity index (χ1n) is 5.53. The van der Waals surface area contributed by atoms with Gasteiger partial charge in [-0.3, -0.25) is 0 Å². The summed E-state index contributed by atoms with van der Waals surface area (Å²) in [6, 6.07) is 8.91. The van der Waals surface area contributed by atoms with Gasteiger partial charge < -0.3 is 9.88 Å². The summed E-state index contributed by atoms with van der Waals surface area (Å²) in [5.41, 5.74) is 2.20. The minimum absolute atomic E-state index is 0.197. The molecule has 2 nitrogen and oxygen atoms in total. The molecule has 0 spiro atoms. The molecule has 1 heterocycles. The van der Waals surface area contributed by atoms with Gasteiger partial charge in [-0.1, -0.05) is 0 Å². The Morgan fingerprint density at radius 2 is 2.18 bits per heavy atom. The summed E-state index contributed by atoms with van der Waals surface area (Å²) in [5.74, 6) is -0.197. The van der Waals surface area contributed by atoms with Gasteiger partial charge in [0.25, 0.3) is 0 Å². The van der Waals surface area contributed by atoms with E-state index < -0.39 is 0 Å². The van der Waals surface area contributed by atoms with Crippen LogP contribution in [0.15, 0.2) is 36.5 Å². The Bertz CT molecular complexity index is 508. The molecule has 4 heteroatoms. The molecule has 90 valence electrons. The molecule has 0 unspecified atom stereocenters. The zero-order chi connectivity index (χ0) is 12.3. The van der Waals surface area contributed by atoms with E-state index in [-0.39, 0.29) is 5.82 Å². The monoisotopic (exact) mass is 344 g/mol. The molecule has 0 aliphatic rings. The van der Waals surface area contributed by atoms with Crippen LogP contribution in [0.2, 0.25) is 0 Å². The number of benzene rings is 1. The van der Waals surface area contributed by atoms with Crippen LogP contribution < -0.4 is 5.32 Å². The first-order valence-corrected chi connectivity index (χ1v) is 6.61. The van der Waals surface area contributed by atoms with Crippen molar-refractivity contribution in [3.05, 3.63) is 51.6 Å². The van der Waals surface area contributed by atoms with Crippen LogP contribution in [0.25, 0.3) is 0 Å². The van der Waals surface area contributed by atoms with Crippen LogP contribution in [-0.2, 0) is 13.1 Å². The van der Waals surface area contributed by atoms with E-state index in [0.717, 1.165) is 22.3 Å². The summed E-state index contributed by atoms with van der Waals surface area (Å²) in [6.45, 7) is 3.83. The van der Waals surface area contributed by atoms with Crippen LogP contribution in [0.5, 0.6) is 0 Å². The van der Waals surface area contributed by atoms with Crippen molar-refractivity contribution in [2.24, 2.45) is 0 Å². The van der Waals surface area contributed by atoms with Gasteiger partial charge in [-0.15, -0.1) is 0 Å². The topological polar surface area (TPSA) is 17.0 Å². The lowest BCUT2D eigenvalue weighted by Gasteiger charge is -2.10. The highest BCUT2D eigenvalue weighted by atomic mass is 127. The summed E-state index contributed by atoms with van der Waals surface area (Å²) < 4.78 is 16.0. The van der Waals surface area contributed by atoms with Gasteiger partial charge in [-0.05, 0) is 59.8 Å². The number of hydrogen-bond acceptors (Lipinski definition) is 1. The van der Waals surface area contributed by atoms with Gasteiger partial charge in [-0.2, -0.15) is 0 Å². The Balaban J connectivity index is 2.07. The lowest BCUT2D eigenvalue weighted by Crippen LogP contribution is -2.06. The van der Waals surface area contributed by atoms with Crippen molar-refractivity contribution in [3.63, 3.8) is 0 Å². The van der Waals surface area contributed by atoms with Crippen molar-refractivity contribution in [1.82, 2.24) is 4.57 Å². The molecule has 0 saturated heterocycles. The third-order valence-corrected chi connectivity index (χ3v) is 3.55. The number of nitrogens with one attached hydrogen (secondary N) is 1. The molecule has 2 aromatic rings. The Labute approximate surface area is 114 Å². The molecule has 0 aliphatic heterocycles. The Morgan fingerprint density at radius 1 is 1.35 bits per heavy atom. The van der Waals surface area contributed by atoms with Gasteiger partial charge in [0.05, 0.1) is 6.54 Å². The molecule has 0 saturated carbocycles. The number of hydrogen-bond donors (Lipinski definition) is 1. The molecule has 1 aromatic carbocycles. The quantitative estimate of drug-likeness (QED) is 0.834. The number of anilines is 1. The number of halogens is 2. The minimum atomic E-state index is -0.197. The molecule has 0 amide bonds. The average Bonchev–Trinajstić information content (AvgIpc) is 2.75. The first-order chi connectivity index (χ1) is 8.20. The van der Waals surface area contributed by atoms with Crippen LogP contribution in [0, 0.1) is 9.39 Å². The Kier molecular flexibility index (Phi) is 4.04. The highest BCUT2D eigenvalue weighted by molar-refractivity contribution is 14.1. The fourth-order valence-corrected chi connectivity index (χ4v) is 2.41. The summed E-state index contributed by atoms with van der Waals surface area (Å²) in [7, 11) is 0. The summed E-state index contributed by atoms with van der Waals surface area (Å²) in [6.07, 6.45) is 2.06. The van der Waals surface area contributed by atoms with Gasteiger partial charge >= 0.3 is 0 Å². The fraction of sp³-hybridized carbons (Fsp3) is 0.231. The van der Waals surface area contributed by atoms with Gasteiger partial charge in [-0.25, -0.2) is 4.39 Å². The Morgan fingerprint density at radius 3 is 2.88 bits per heavy atom. The summed E-state index contributed by atoms with van der Waals surface area (Å²) in [4.78, 5) is 0. The van der Waals surface area contributed by atoms with E-state index in [9.17, 15) is 4.39 Å². The zero-order valence-electron chi connectivity index (χ0n) is 9.58. The van der Waals surface area contributed by atoms with Crippen molar-refractivity contribution < 1.29 is 4.39 Å². The van der Waals surface area contributed by atoms with Crippen LogP contribution in [0.3, 0.4) is 0 Å². The predicted octanol–water partition coefficient (Wildman–Crippen LogP) is 3.86. The average molecular weight is 344 g/mol. The molecular formula is C13H14FIN2. The zero-order valence-corrected chi connectivity index (χ0v) is 11.7. The van der Waals surface area contributed by atoms with Crippen LogP contribution >= 0.6 is 22.6 Å². The van der Waals surface area contributed by atoms with Crippen LogP contribution in [0.1, 0.15) is 12.6 Å². The SMILES string of the molecule is CCn1cccc1CNc1ccc(F)cc1I. The van der Waals surface area contributed by atoms with E-state index in [0.29, 0.717) is 0 Å². The highest BCUT2D eigenvalue weighted by Gasteiger charge is 2.03. The molecule has 0 atom stereocenters. The van der Waals surface area contributed by atoms with Crippen molar-refractivity contribution in [2.45, 2.75) is 20.0 Å². The van der Waals surface area contributed by atoms with Gasteiger partial charge in [0.2, 0.25) is 0 Å². The second kappa shape index (κ2) is 5.53. The third-order valence-electron chi connectivity index (χ3n) is 2.66. The third kappa shape index (κ3) is 3.00. The maximum absolute atomic E-state index is 12.9. The molecule has 0 aliphatic carbocycles. The smallest absolute Gasteiger partial charge is 0.124 e. The van der Waals surface area contributed by atoms with E-state index in [2.05, 4.69) is 51.7 Å². The lowest BCUT2D eigenvalue weighted by molar-refractivity contribution is 0.627. The van der Waals surface area contributed by atoms with E-state index in [1.807, 2.05) is 6.07 Å². The van der Waals surface area contributed by atoms with E-state index in [1.54, 1.807) is 6.07 Å². The van der Waals surface area contributed by atoms with E-state index in [4.69, 9.17) is 0 Å². The summed E-state index contributed by atoms with van der Waals surface area (Å²) in [5, 5.41) is 3.32. The van der Waals surface area contributed by atoms with Crippen molar-refractivity contribution in [2.75, 3.05) is 5.32 Å². The van der Waals surface area contributed by atoms with E-state index in [1.165, 1.54) is 17.8 Å². The molecule has 0 bridgehead atoms. The molecule has 1 aromatic heterocycles. The predicted molar refractivity (Wildman–Crippen MR) is 76.5 cm³/mol. The van der Waals surface area contributed by atoms with Crippen molar-refractivity contribution in [3.8, 4) is 0 Å². The van der Waals surface area contributed by atoms with Crippen LogP contribution in [-0.4, -0.2) is 4.57 Å². The second-order valence-corrected chi connectivity index (χ2v) is 4.93. The largest absolute Gasteiger partial charge is 0.379 e. The minimum Gasteiger partial charge on any atom is -0.379 e. The van der Waals surface area contributed by atoms with Gasteiger partial charge in [0.1, 0.15) is 5.82 Å². The number of aromatic nitrogens is 1. The van der Waals surface area contributed by atoms with Gasteiger partial charge in [0.15, 0.2) is 0 Å². The standard InChI is InChI=1S/C13H14FIN2/c1-2-17-7-3-4-11(17)9-16-13-6-5-10(14)8-12(13)15/h3-8,16H,2,9H2,1H3. The molecule has 1 N–H and O–H groups in total. The second-order valence-electron chi connectivity index (χ2n) is 3.76. The first kappa shape index (κ1) is 12.4. The van der Waals surface area contributed by atoms with E-state index >= 15 is 0 Å². The van der Waals surface area contributed by atoms with Crippen molar-refractivity contribution >= 4 is 28.3 Å². The molecule has 2 rings (SSSR count). The van der Waals surface area contributed by atoms with Gasteiger partial charge in [0, 0.05) is 27.7 Å². The highest BCUT2D eigenvalue weighted by Crippen LogP contribution is 2.19. The molecular weight excluding hydrogens is 330 g/mol. The Hall–Kier alpha value is -1.04. The fourth-order valence-electron chi connectivity index (χ4n) is 1.74. The number of aryl methyl sites for hydroxylation is 1. The van der Waals surface area contributed by atoms with Crippen LogP contribution in [0.4, 0.5) is 10.1 Å². The number of rotatable bonds is 4. The molecule has 0 radical (unpaired) electrons. The molecule has 0 fully saturated rings. The van der Waals surface area contributed by atoms with Crippen molar-refractivity contribution in [1.29, 1.82) is 0 Å². The maximum Gasteiger partial charge on any atom is 0.124 e. The normalized spacial score (nSPS) is 10.5. The lowest BCUT2D eigenvalue weighted by atomic mass is 10.3. The number of nitrogens with zero attached hydrogens (tertiary/aromatic N) is 1. The molecule has 17 heavy (non-hydrogen) atoms. The summed E-state index contributed by atoms with van der Waals surface area (Å²) >= 11 is 2.14. The maximum atomic E-state index is 12.9.